The van der Waals surface area contributed by atoms with Crippen molar-refractivity contribution < 1.29 is 14.5 Å². The van der Waals surface area contributed by atoms with Gasteiger partial charge in [-0.3, -0.25) is 0 Å². The van der Waals surface area contributed by atoms with Crippen molar-refractivity contribution in [3.05, 3.63) is 0 Å². The average Bonchev–Trinajstić information content (AvgIpc) is 2.21. The van der Waals surface area contributed by atoms with Gasteiger partial charge in [0.15, 0.2) is 6.29 Å². The fourth-order valence-corrected chi connectivity index (χ4v) is 1.19. The lowest BCUT2D eigenvalue weighted by Gasteiger charge is -2.22. The molecule has 0 amide bonds. The second-order valence-electron chi connectivity index (χ2n) is 2.51. The van der Waals surface area contributed by atoms with Gasteiger partial charge in [0.05, 0.1) is 6.61 Å². The second-order valence-corrected chi connectivity index (χ2v) is 2.51. The molecular formula is C6H10O3. The molecule has 9 heavy (non-hydrogen) atoms. The van der Waals surface area contributed by atoms with E-state index in [9.17, 15) is 0 Å². The molecule has 0 aliphatic carbocycles. The van der Waals surface area contributed by atoms with Crippen molar-refractivity contribution in [2.24, 2.45) is 0 Å². The Kier molecular flexibility index (Phi) is 1.41. The highest BCUT2D eigenvalue weighted by Crippen LogP contribution is 2.22. The molecule has 0 aromatic carbocycles. The van der Waals surface area contributed by atoms with Gasteiger partial charge in [0.25, 0.3) is 0 Å². The van der Waals surface area contributed by atoms with Gasteiger partial charge in [0.1, 0.15) is 6.10 Å². The summed E-state index contributed by atoms with van der Waals surface area (Å²) >= 11 is 0. The summed E-state index contributed by atoms with van der Waals surface area (Å²) in [7, 11) is 0. The van der Waals surface area contributed by atoms with Crippen LogP contribution in [0.25, 0.3) is 0 Å². The van der Waals surface area contributed by atoms with Gasteiger partial charge >= 0.3 is 0 Å². The summed E-state index contributed by atoms with van der Waals surface area (Å²) in [5.41, 5.74) is 0. The van der Waals surface area contributed by atoms with Crippen LogP contribution in [-0.4, -0.2) is 19.0 Å². The molecule has 0 N–H and O–H groups in total. The Balaban J connectivity index is 2.03. The summed E-state index contributed by atoms with van der Waals surface area (Å²) in [5.74, 6) is 0. The maximum absolute atomic E-state index is 5.25. The third kappa shape index (κ3) is 1.08. The summed E-state index contributed by atoms with van der Waals surface area (Å²) in [6.45, 7) is 0.713. The number of ether oxygens (including phenoxy) is 1. The number of rotatable bonds is 0. The highest BCUT2D eigenvalue weighted by atomic mass is 17.2. The first-order chi connectivity index (χ1) is 4.45. The number of fused-ring (bicyclic) bond motifs is 4. The molecule has 3 nitrogen and oxygen atoms in total. The van der Waals surface area contributed by atoms with Crippen molar-refractivity contribution in [1.29, 1.82) is 0 Å². The molecule has 0 unspecified atom stereocenters. The summed E-state index contributed by atoms with van der Waals surface area (Å²) < 4.78 is 5.25. The second kappa shape index (κ2) is 2.25. The molecule has 52 valence electrons. The highest BCUT2D eigenvalue weighted by Gasteiger charge is 2.27. The highest BCUT2D eigenvalue weighted by molar-refractivity contribution is 4.64. The topological polar surface area (TPSA) is 27.7 Å². The number of hydrogen-bond acceptors (Lipinski definition) is 3. The minimum atomic E-state index is -0.0799. The predicted octanol–water partition coefficient (Wildman–Crippen LogP) is 0.843. The first kappa shape index (κ1) is 5.65. The molecule has 2 bridgehead atoms. The molecule has 0 aromatic heterocycles. The van der Waals surface area contributed by atoms with Crippen LogP contribution >= 0.6 is 0 Å². The Morgan fingerprint density at radius 1 is 1.11 bits per heavy atom. The van der Waals surface area contributed by atoms with Gasteiger partial charge < -0.3 is 4.74 Å². The zero-order valence-electron chi connectivity index (χ0n) is 5.21. The fraction of sp³-hybridized carbons (Fsp3) is 1.00. The van der Waals surface area contributed by atoms with Crippen LogP contribution in [0.1, 0.15) is 19.3 Å². The Hall–Kier alpha value is -0.120. The monoisotopic (exact) mass is 130 g/mol. The van der Waals surface area contributed by atoms with Crippen LogP contribution in [0.5, 0.6) is 0 Å². The van der Waals surface area contributed by atoms with Crippen molar-refractivity contribution in [2.45, 2.75) is 31.7 Å². The lowest BCUT2D eigenvalue weighted by atomic mass is 10.2. The summed E-state index contributed by atoms with van der Waals surface area (Å²) in [4.78, 5) is 9.86. The lowest BCUT2D eigenvalue weighted by molar-refractivity contribution is -0.433. The Labute approximate surface area is 53.8 Å². The summed E-state index contributed by atoms with van der Waals surface area (Å²) in [6.07, 6.45) is 3.34. The van der Waals surface area contributed by atoms with Crippen molar-refractivity contribution in [1.82, 2.24) is 0 Å². The van der Waals surface area contributed by atoms with E-state index in [-0.39, 0.29) is 12.4 Å². The Morgan fingerprint density at radius 2 is 2.11 bits per heavy atom. The Bertz CT molecular complexity index is 79.0. The molecular weight excluding hydrogens is 120 g/mol. The van der Waals surface area contributed by atoms with E-state index in [1.54, 1.807) is 0 Å². The standard InChI is InChI=1S/C6H10O3/c1-2-5-4-7-6(3-1)9-8-5/h5-6H,1-4H2/t5-,6+/m0/s1. The first-order valence-corrected chi connectivity index (χ1v) is 3.39. The molecule has 0 radical (unpaired) electrons. The average molecular weight is 130 g/mol. The minimum absolute atomic E-state index is 0.0799. The molecule has 0 aromatic rings. The third-order valence-corrected chi connectivity index (χ3v) is 1.73. The van der Waals surface area contributed by atoms with Crippen LogP contribution in [0.2, 0.25) is 0 Å². The lowest BCUT2D eigenvalue weighted by Crippen LogP contribution is -2.29. The van der Waals surface area contributed by atoms with Gasteiger partial charge in [-0.25, -0.2) is 9.78 Å². The Morgan fingerprint density at radius 3 is 2.89 bits per heavy atom. The van der Waals surface area contributed by atoms with Gasteiger partial charge in [-0.15, -0.1) is 0 Å². The van der Waals surface area contributed by atoms with Crippen LogP contribution in [-0.2, 0) is 14.5 Å². The molecule has 3 heterocycles. The first-order valence-electron chi connectivity index (χ1n) is 3.39. The van der Waals surface area contributed by atoms with E-state index in [2.05, 4.69) is 0 Å². The van der Waals surface area contributed by atoms with Crippen LogP contribution in [0.15, 0.2) is 0 Å². The molecule has 3 saturated heterocycles. The minimum Gasteiger partial charge on any atom is -0.347 e. The van der Waals surface area contributed by atoms with Crippen LogP contribution < -0.4 is 0 Å². The molecule has 0 spiro atoms. The van der Waals surface area contributed by atoms with E-state index in [0.29, 0.717) is 6.61 Å². The van der Waals surface area contributed by atoms with E-state index in [0.717, 1.165) is 19.3 Å². The number of hydrogen-bond donors (Lipinski definition) is 0. The molecule has 0 saturated carbocycles. The molecule has 3 heteroatoms. The molecule has 3 rings (SSSR count). The van der Waals surface area contributed by atoms with Crippen molar-refractivity contribution in [2.75, 3.05) is 6.61 Å². The van der Waals surface area contributed by atoms with Crippen LogP contribution in [0.4, 0.5) is 0 Å². The smallest absolute Gasteiger partial charge is 0.191 e. The molecule has 3 aliphatic heterocycles. The maximum atomic E-state index is 5.25. The SMILES string of the molecule is C1C[C@H]2CO[C@@H](C1)OO2. The molecule has 2 atom stereocenters. The van der Waals surface area contributed by atoms with Crippen LogP contribution in [0.3, 0.4) is 0 Å². The van der Waals surface area contributed by atoms with E-state index in [4.69, 9.17) is 14.5 Å². The van der Waals surface area contributed by atoms with Gasteiger partial charge in [-0.05, 0) is 12.8 Å². The van der Waals surface area contributed by atoms with E-state index < -0.39 is 0 Å². The quantitative estimate of drug-likeness (QED) is 0.455. The predicted molar refractivity (Wildman–Crippen MR) is 29.5 cm³/mol. The van der Waals surface area contributed by atoms with E-state index >= 15 is 0 Å². The zero-order chi connectivity index (χ0) is 6.10. The van der Waals surface area contributed by atoms with Gasteiger partial charge in [0.2, 0.25) is 0 Å². The van der Waals surface area contributed by atoms with Crippen molar-refractivity contribution in [3.63, 3.8) is 0 Å². The normalized spacial score (nSPS) is 42.7. The van der Waals surface area contributed by atoms with Gasteiger partial charge in [0, 0.05) is 6.42 Å². The maximum Gasteiger partial charge on any atom is 0.191 e. The van der Waals surface area contributed by atoms with E-state index in [1.807, 2.05) is 0 Å². The third-order valence-electron chi connectivity index (χ3n) is 1.73. The fourth-order valence-electron chi connectivity index (χ4n) is 1.19. The van der Waals surface area contributed by atoms with Crippen molar-refractivity contribution >= 4 is 0 Å². The zero-order valence-corrected chi connectivity index (χ0v) is 5.21. The van der Waals surface area contributed by atoms with Crippen LogP contribution in [0, 0.1) is 0 Å². The molecule has 3 aliphatic rings. The summed E-state index contributed by atoms with van der Waals surface area (Å²) in [5, 5.41) is 0. The van der Waals surface area contributed by atoms with E-state index in [1.165, 1.54) is 0 Å². The van der Waals surface area contributed by atoms with Gasteiger partial charge in [-0.2, -0.15) is 0 Å². The largest absolute Gasteiger partial charge is 0.347 e. The molecule has 3 fully saturated rings. The van der Waals surface area contributed by atoms with Gasteiger partial charge in [-0.1, -0.05) is 0 Å². The summed E-state index contributed by atoms with van der Waals surface area (Å²) in [6, 6.07) is 0. The van der Waals surface area contributed by atoms with Crippen molar-refractivity contribution in [3.8, 4) is 0 Å².